The molecule has 0 aliphatic rings. The number of non-ortho nitro benzene ring substituents is 1. The second kappa shape index (κ2) is 6.56. The molecule has 1 N–H and O–H groups in total. The van der Waals surface area contributed by atoms with E-state index in [4.69, 9.17) is 27.6 Å². The fourth-order valence-corrected chi connectivity index (χ4v) is 2.94. The molecule has 122 valence electrons. The minimum absolute atomic E-state index is 0.0582. The summed E-state index contributed by atoms with van der Waals surface area (Å²) in [7, 11) is 0. The first-order chi connectivity index (χ1) is 11.4. The van der Waals surface area contributed by atoms with Crippen molar-refractivity contribution in [2.45, 2.75) is 0 Å². The Balaban J connectivity index is 1.82. The molecule has 0 atom stereocenters. The van der Waals surface area contributed by atoms with E-state index in [1.807, 2.05) is 0 Å². The van der Waals surface area contributed by atoms with Crippen LogP contribution in [0.5, 0.6) is 0 Å². The van der Waals surface area contributed by atoms with Gasteiger partial charge in [0.2, 0.25) is 0 Å². The zero-order valence-electron chi connectivity index (χ0n) is 11.5. The Morgan fingerprint density at radius 2 is 2.04 bits per heavy atom. The molecule has 3 rings (SSSR count). The third kappa shape index (κ3) is 3.37. The van der Waals surface area contributed by atoms with E-state index in [2.05, 4.69) is 15.5 Å². The van der Waals surface area contributed by atoms with E-state index in [0.29, 0.717) is 9.21 Å². The van der Waals surface area contributed by atoms with Gasteiger partial charge < -0.3 is 4.42 Å². The molecule has 0 radical (unpaired) electrons. The fraction of sp³-hybridized carbons (Fsp3) is 0. The summed E-state index contributed by atoms with van der Waals surface area (Å²) in [5.74, 6) is -0.518. The SMILES string of the molecule is O=C(Nc1nnc(-c2ccc(Cl)s2)o1)c1cc([N+](=O)[O-])ccc1Cl. The van der Waals surface area contributed by atoms with Crippen LogP contribution in [0, 0.1) is 10.1 Å². The highest BCUT2D eigenvalue weighted by atomic mass is 35.5. The van der Waals surface area contributed by atoms with Crippen molar-refractivity contribution in [2.24, 2.45) is 0 Å². The Morgan fingerprint density at radius 1 is 1.25 bits per heavy atom. The highest BCUT2D eigenvalue weighted by Gasteiger charge is 2.19. The lowest BCUT2D eigenvalue weighted by molar-refractivity contribution is -0.384. The highest BCUT2D eigenvalue weighted by Crippen LogP contribution is 2.31. The highest BCUT2D eigenvalue weighted by molar-refractivity contribution is 7.19. The second-order valence-corrected chi connectivity index (χ2v) is 6.51. The molecular weight excluding hydrogens is 379 g/mol. The lowest BCUT2D eigenvalue weighted by Crippen LogP contribution is -2.13. The minimum atomic E-state index is -0.705. The molecule has 0 saturated heterocycles. The molecule has 11 heteroatoms. The van der Waals surface area contributed by atoms with E-state index < -0.39 is 10.8 Å². The van der Waals surface area contributed by atoms with E-state index >= 15 is 0 Å². The number of carbonyl (C=O) groups is 1. The summed E-state index contributed by atoms with van der Waals surface area (Å²) in [6.45, 7) is 0. The van der Waals surface area contributed by atoms with Crippen molar-refractivity contribution in [3.63, 3.8) is 0 Å². The number of hydrogen-bond acceptors (Lipinski definition) is 7. The maximum Gasteiger partial charge on any atom is 0.322 e. The molecule has 3 aromatic rings. The maximum atomic E-state index is 12.2. The number of nitro groups is 1. The largest absolute Gasteiger partial charge is 0.402 e. The minimum Gasteiger partial charge on any atom is -0.402 e. The zero-order chi connectivity index (χ0) is 17.3. The monoisotopic (exact) mass is 384 g/mol. The zero-order valence-corrected chi connectivity index (χ0v) is 13.9. The van der Waals surface area contributed by atoms with Gasteiger partial charge in [0, 0.05) is 12.1 Å². The number of carbonyl (C=O) groups excluding carboxylic acids is 1. The van der Waals surface area contributed by atoms with Crippen LogP contribution in [-0.4, -0.2) is 21.0 Å². The van der Waals surface area contributed by atoms with Crippen LogP contribution in [0.15, 0.2) is 34.7 Å². The van der Waals surface area contributed by atoms with Crippen LogP contribution in [-0.2, 0) is 0 Å². The van der Waals surface area contributed by atoms with Crippen molar-refractivity contribution in [2.75, 3.05) is 5.32 Å². The van der Waals surface area contributed by atoms with Crippen LogP contribution in [0.2, 0.25) is 9.36 Å². The molecule has 0 fully saturated rings. The maximum absolute atomic E-state index is 12.2. The number of hydrogen-bond donors (Lipinski definition) is 1. The lowest BCUT2D eigenvalue weighted by Gasteiger charge is -2.03. The molecule has 8 nitrogen and oxygen atoms in total. The number of benzene rings is 1. The van der Waals surface area contributed by atoms with E-state index in [0.717, 1.165) is 6.07 Å². The van der Waals surface area contributed by atoms with Gasteiger partial charge >= 0.3 is 6.01 Å². The van der Waals surface area contributed by atoms with Gasteiger partial charge in [-0.1, -0.05) is 28.3 Å². The summed E-state index contributed by atoms with van der Waals surface area (Å²) in [4.78, 5) is 23.0. The number of nitro benzene ring substituents is 1. The number of aromatic nitrogens is 2. The fourth-order valence-electron chi connectivity index (χ4n) is 1.77. The summed E-state index contributed by atoms with van der Waals surface area (Å²) < 4.78 is 5.87. The van der Waals surface area contributed by atoms with Gasteiger partial charge in [0.1, 0.15) is 0 Å². The van der Waals surface area contributed by atoms with E-state index in [1.54, 1.807) is 12.1 Å². The summed E-state index contributed by atoms with van der Waals surface area (Å²) in [6, 6.07) is 6.73. The first-order valence-electron chi connectivity index (χ1n) is 6.28. The topological polar surface area (TPSA) is 111 Å². The molecule has 2 aromatic heterocycles. The van der Waals surface area contributed by atoms with Gasteiger partial charge in [-0.25, -0.2) is 0 Å². The molecular formula is C13H6Cl2N4O4S. The third-order valence-electron chi connectivity index (χ3n) is 2.83. The Morgan fingerprint density at radius 3 is 2.71 bits per heavy atom. The molecule has 0 spiro atoms. The molecule has 0 aliphatic heterocycles. The number of halogens is 2. The number of anilines is 1. The molecule has 1 amide bonds. The molecule has 0 saturated carbocycles. The van der Waals surface area contributed by atoms with E-state index in [9.17, 15) is 14.9 Å². The summed E-state index contributed by atoms with van der Waals surface area (Å²) in [5.41, 5.74) is -0.339. The average Bonchev–Trinajstić information content (AvgIpc) is 3.16. The Hall–Kier alpha value is -2.49. The lowest BCUT2D eigenvalue weighted by atomic mass is 10.2. The van der Waals surface area contributed by atoms with Gasteiger partial charge in [-0.15, -0.1) is 16.4 Å². The summed E-state index contributed by atoms with van der Waals surface area (Å²) in [6.07, 6.45) is 0. The van der Waals surface area contributed by atoms with Crippen LogP contribution in [0.1, 0.15) is 10.4 Å². The molecule has 0 unspecified atom stereocenters. The van der Waals surface area contributed by atoms with Crippen LogP contribution in [0.25, 0.3) is 10.8 Å². The number of amides is 1. The quantitative estimate of drug-likeness (QED) is 0.530. The van der Waals surface area contributed by atoms with Gasteiger partial charge in [0.15, 0.2) is 0 Å². The second-order valence-electron chi connectivity index (χ2n) is 4.39. The molecule has 0 bridgehead atoms. The van der Waals surface area contributed by atoms with Gasteiger partial charge in [-0.2, -0.15) is 0 Å². The predicted octanol–water partition coefficient (Wildman–Crippen LogP) is 4.27. The first-order valence-corrected chi connectivity index (χ1v) is 7.86. The van der Waals surface area contributed by atoms with E-state index in [1.165, 1.54) is 23.5 Å². The normalized spacial score (nSPS) is 10.6. The molecule has 2 heterocycles. The molecule has 24 heavy (non-hydrogen) atoms. The number of rotatable bonds is 4. The van der Waals surface area contributed by atoms with Crippen molar-refractivity contribution in [3.05, 3.63) is 55.4 Å². The van der Waals surface area contributed by atoms with Crippen molar-refractivity contribution in [1.82, 2.24) is 10.2 Å². The third-order valence-corrected chi connectivity index (χ3v) is 4.38. The Labute approximate surface area is 148 Å². The van der Waals surface area contributed by atoms with Crippen LogP contribution in [0.4, 0.5) is 11.7 Å². The van der Waals surface area contributed by atoms with E-state index in [-0.39, 0.29) is 28.2 Å². The number of nitrogens with one attached hydrogen (secondary N) is 1. The van der Waals surface area contributed by atoms with Gasteiger partial charge in [0.05, 0.1) is 24.7 Å². The predicted molar refractivity (Wildman–Crippen MR) is 88.7 cm³/mol. The number of thiophene rings is 1. The van der Waals surface area contributed by atoms with Crippen LogP contribution >= 0.6 is 34.5 Å². The van der Waals surface area contributed by atoms with Crippen molar-refractivity contribution >= 4 is 52.1 Å². The summed E-state index contributed by atoms with van der Waals surface area (Å²) in [5, 5.41) is 20.7. The first kappa shape index (κ1) is 16.4. The van der Waals surface area contributed by atoms with Crippen molar-refractivity contribution < 1.29 is 14.1 Å². The van der Waals surface area contributed by atoms with Crippen molar-refractivity contribution in [3.8, 4) is 10.8 Å². The molecule has 0 aliphatic carbocycles. The average molecular weight is 385 g/mol. The summed E-state index contributed by atoms with van der Waals surface area (Å²) >= 11 is 13.0. The van der Waals surface area contributed by atoms with Crippen LogP contribution < -0.4 is 5.32 Å². The van der Waals surface area contributed by atoms with Gasteiger partial charge in [-0.05, 0) is 18.2 Å². The van der Waals surface area contributed by atoms with Gasteiger partial charge in [0.25, 0.3) is 17.5 Å². The van der Waals surface area contributed by atoms with Crippen molar-refractivity contribution in [1.29, 1.82) is 0 Å². The Bertz CT molecular complexity index is 940. The standard InChI is InChI=1S/C13H6Cl2N4O4S/c14-8-2-1-6(19(21)22)5-7(8)11(20)16-13-18-17-12(23-13)9-3-4-10(15)24-9/h1-5H,(H,16,18,20). The van der Waals surface area contributed by atoms with Crippen LogP contribution in [0.3, 0.4) is 0 Å². The Kier molecular flexibility index (Phi) is 4.47. The molecule has 1 aromatic carbocycles. The van der Waals surface area contributed by atoms with Gasteiger partial charge in [-0.3, -0.25) is 20.2 Å². The smallest absolute Gasteiger partial charge is 0.322 e. The number of nitrogens with zero attached hydrogens (tertiary/aromatic N) is 3.